The van der Waals surface area contributed by atoms with Gasteiger partial charge in [0.05, 0.1) is 12.4 Å². The highest BCUT2D eigenvalue weighted by Crippen LogP contribution is 2.19. The standard InChI is InChI=1S/C29H33N7O6S/c30-21(11-18-13-31-15-33-18)26(38)34-23(10-17-12-32-22-4-2-1-3-20(17)22)27(39)36-25(14-43)28(40)35-24(29(41)42)9-16-5-7-19(37)8-6-16/h1-8,12-13,15,21,23-25,32,37,43H,9-11,14,30H2,(H,31,33)(H,34,38)(H,35,40)(H,36,39)(H,41,42). The van der Waals surface area contributed by atoms with Crippen molar-refractivity contribution in [3.05, 3.63) is 84.1 Å². The third-order valence-corrected chi connectivity index (χ3v) is 7.23. The summed E-state index contributed by atoms with van der Waals surface area (Å²) in [4.78, 5) is 61.5. The van der Waals surface area contributed by atoms with Gasteiger partial charge in [0.2, 0.25) is 17.7 Å². The number of phenols is 1. The van der Waals surface area contributed by atoms with Crippen LogP contribution in [0.25, 0.3) is 10.9 Å². The minimum Gasteiger partial charge on any atom is -0.508 e. The Morgan fingerprint density at radius 1 is 0.860 bits per heavy atom. The number of carboxylic acids is 1. The Morgan fingerprint density at radius 3 is 2.21 bits per heavy atom. The van der Waals surface area contributed by atoms with Crippen molar-refractivity contribution in [1.82, 2.24) is 30.9 Å². The van der Waals surface area contributed by atoms with Crippen LogP contribution in [0.5, 0.6) is 5.75 Å². The molecule has 43 heavy (non-hydrogen) atoms. The normalized spacial score (nSPS) is 13.9. The van der Waals surface area contributed by atoms with Crippen LogP contribution in [0.1, 0.15) is 16.8 Å². The van der Waals surface area contributed by atoms with E-state index in [2.05, 4.69) is 43.5 Å². The number of hydrogen-bond acceptors (Lipinski definition) is 8. The fourth-order valence-electron chi connectivity index (χ4n) is 4.54. The number of aliphatic carboxylic acids is 1. The molecule has 226 valence electrons. The second kappa shape index (κ2) is 14.4. The van der Waals surface area contributed by atoms with E-state index in [1.165, 1.54) is 18.5 Å². The molecule has 0 radical (unpaired) electrons. The van der Waals surface area contributed by atoms with Gasteiger partial charge in [0.25, 0.3) is 0 Å². The van der Waals surface area contributed by atoms with Crippen molar-refractivity contribution < 1.29 is 29.4 Å². The number of aromatic nitrogens is 3. The molecule has 2 aromatic carbocycles. The number of amides is 3. The number of nitrogens with zero attached hydrogens (tertiary/aromatic N) is 1. The van der Waals surface area contributed by atoms with Crippen molar-refractivity contribution in [3.8, 4) is 5.75 Å². The van der Waals surface area contributed by atoms with Crippen molar-refractivity contribution in [3.63, 3.8) is 0 Å². The first-order valence-electron chi connectivity index (χ1n) is 13.4. The summed E-state index contributed by atoms with van der Waals surface area (Å²) in [7, 11) is 0. The highest BCUT2D eigenvalue weighted by molar-refractivity contribution is 7.80. The number of nitrogens with two attached hydrogens (primary N) is 1. The molecule has 0 aliphatic heterocycles. The van der Waals surface area contributed by atoms with E-state index in [1.54, 1.807) is 24.5 Å². The van der Waals surface area contributed by atoms with Gasteiger partial charge in [-0.2, -0.15) is 12.6 Å². The number of aromatic amines is 2. The van der Waals surface area contributed by atoms with Crippen LogP contribution < -0.4 is 21.7 Å². The number of rotatable bonds is 14. The predicted octanol–water partition coefficient (Wildman–Crippen LogP) is 0.421. The van der Waals surface area contributed by atoms with Gasteiger partial charge in [-0.25, -0.2) is 9.78 Å². The van der Waals surface area contributed by atoms with Gasteiger partial charge in [0.15, 0.2) is 0 Å². The molecule has 0 saturated heterocycles. The van der Waals surface area contributed by atoms with Crippen LogP contribution in [0, 0.1) is 0 Å². The van der Waals surface area contributed by atoms with E-state index in [1.807, 2.05) is 24.3 Å². The summed E-state index contributed by atoms with van der Waals surface area (Å²) in [6.07, 6.45) is 4.94. The summed E-state index contributed by atoms with van der Waals surface area (Å²) < 4.78 is 0. The van der Waals surface area contributed by atoms with Crippen LogP contribution >= 0.6 is 12.6 Å². The van der Waals surface area contributed by atoms with Crippen molar-refractivity contribution in [2.75, 3.05) is 5.75 Å². The summed E-state index contributed by atoms with van der Waals surface area (Å²) in [5.41, 5.74) is 8.93. The Bertz CT molecular complexity index is 1560. The lowest BCUT2D eigenvalue weighted by molar-refractivity contribution is -0.142. The van der Waals surface area contributed by atoms with Crippen molar-refractivity contribution >= 4 is 47.2 Å². The number of benzene rings is 2. The van der Waals surface area contributed by atoms with E-state index >= 15 is 0 Å². The second-order valence-electron chi connectivity index (χ2n) is 10.0. The van der Waals surface area contributed by atoms with Crippen molar-refractivity contribution in [2.24, 2.45) is 5.73 Å². The van der Waals surface area contributed by atoms with E-state index in [9.17, 15) is 29.4 Å². The molecule has 0 fully saturated rings. The highest BCUT2D eigenvalue weighted by atomic mass is 32.1. The number of carbonyl (C=O) groups is 4. The number of thiol groups is 1. The smallest absolute Gasteiger partial charge is 0.326 e. The number of imidazole rings is 1. The number of hydrogen-bond donors (Lipinski definition) is 9. The van der Waals surface area contributed by atoms with Gasteiger partial charge in [-0.15, -0.1) is 0 Å². The van der Waals surface area contributed by atoms with Gasteiger partial charge >= 0.3 is 5.97 Å². The first kappa shape index (κ1) is 31.1. The summed E-state index contributed by atoms with van der Waals surface area (Å²) in [5, 5.41) is 27.8. The zero-order chi connectivity index (χ0) is 30.9. The third-order valence-electron chi connectivity index (χ3n) is 6.87. The van der Waals surface area contributed by atoms with E-state index in [-0.39, 0.29) is 30.8 Å². The average molecular weight is 608 g/mol. The number of phenolic OH excluding ortho intramolecular Hbond substituents is 1. The van der Waals surface area contributed by atoms with Gasteiger partial charge in [-0.3, -0.25) is 14.4 Å². The van der Waals surface area contributed by atoms with Crippen LogP contribution in [0.15, 0.2) is 67.3 Å². The number of carboxylic acid groups (broad SMARTS) is 1. The topological polar surface area (TPSA) is 215 Å². The van der Waals surface area contributed by atoms with Crippen molar-refractivity contribution in [2.45, 2.75) is 43.4 Å². The Balaban J connectivity index is 1.48. The average Bonchev–Trinajstić information content (AvgIpc) is 3.66. The van der Waals surface area contributed by atoms with Gasteiger partial charge in [-0.05, 0) is 29.3 Å². The quantitative estimate of drug-likeness (QED) is 0.0914. The monoisotopic (exact) mass is 607 g/mol. The molecule has 2 heterocycles. The number of nitrogens with one attached hydrogen (secondary N) is 5. The maximum absolute atomic E-state index is 13.6. The summed E-state index contributed by atoms with van der Waals surface area (Å²) in [5.74, 6) is -3.41. The third kappa shape index (κ3) is 8.36. The fourth-order valence-corrected chi connectivity index (χ4v) is 4.80. The maximum atomic E-state index is 13.6. The van der Waals surface area contributed by atoms with Gasteiger partial charge in [-0.1, -0.05) is 30.3 Å². The maximum Gasteiger partial charge on any atom is 0.326 e. The lowest BCUT2D eigenvalue weighted by Gasteiger charge is -2.24. The van der Waals surface area contributed by atoms with Crippen LogP contribution in [0.3, 0.4) is 0 Å². The molecule has 0 aliphatic rings. The number of H-pyrrole nitrogens is 2. The number of fused-ring (bicyclic) bond motifs is 1. The summed E-state index contributed by atoms with van der Waals surface area (Å²) in [6.45, 7) is 0. The van der Waals surface area contributed by atoms with E-state index in [4.69, 9.17) is 5.73 Å². The van der Waals surface area contributed by atoms with Crippen LogP contribution in [-0.4, -0.2) is 78.8 Å². The molecule has 2 aromatic heterocycles. The Hall–Kier alpha value is -4.82. The van der Waals surface area contributed by atoms with E-state index in [0.29, 0.717) is 11.3 Å². The molecule has 14 heteroatoms. The second-order valence-corrected chi connectivity index (χ2v) is 10.4. The molecular weight excluding hydrogens is 574 g/mol. The molecule has 0 saturated carbocycles. The number of aromatic hydroxyl groups is 1. The molecule has 0 aliphatic carbocycles. The number of para-hydroxylation sites is 1. The van der Waals surface area contributed by atoms with E-state index < -0.39 is 47.9 Å². The first-order chi connectivity index (χ1) is 20.6. The lowest BCUT2D eigenvalue weighted by Crippen LogP contribution is -2.58. The summed E-state index contributed by atoms with van der Waals surface area (Å²) >= 11 is 4.20. The van der Waals surface area contributed by atoms with Gasteiger partial charge < -0.3 is 41.9 Å². The van der Waals surface area contributed by atoms with Gasteiger partial charge in [0.1, 0.15) is 23.9 Å². The molecule has 4 unspecified atom stereocenters. The van der Waals surface area contributed by atoms with E-state index in [0.717, 1.165) is 16.5 Å². The Kier molecular flexibility index (Phi) is 10.4. The highest BCUT2D eigenvalue weighted by Gasteiger charge is 2.30. The number of carbonyl (C=O) groups excluding carboxylic acids is 3. The molecule has 9 N–H and O–H groups in total. The molecule has 0 spiro atoms. The predicted molar refractivity (Wildman–Crippen MR) is 161 cm³/mol. The minimum absolute atomic E-state index is 0.0223. The van der Waals surface area contributed by atoms with Crippen molar-refractivity contribution in [1.29, 1.82) is 0 Å². The molecule has 0 bridgehead atoms. The Labute approximate surface area is 252 Å². The van der Waals surface area contributed by atoms with Crippen LogP contribution in [0.2, 0.25) is 0 Å². The molecule has 4 rings (SSSR count). The molecular formula is C29H33N7O6S. The zero-order valence-corrected chi connectivity index (χ0v) is 23.9. The molecule has 4 aromatic rings. The minimum atomic E-state index is -1.31. The molecule has 4 atom stereocenters. The zero-order valence-electron chi connectivity index (χ0n) is 23.0. The summed E-state index contributed by atoms with van der Waals surface area (Å²) in [6, 6.07) is 8.77. The van der Waals surface area contributed by atoms with Crippen LogP contribution in [-0.2, 0) is 38.4 Å². The fraction of sp³-hybridized carbons (Fsp3) is 0.276. The molecule has 3 amide bonds. The first-order valence-corrected chi connectivity index (χ1v) is 14.1. The SMILES string of the molecule is NC(Cc1cnc[nH]1)C(=O)NC(Cc1c[nH]c2ccccc12)C(=O)NC(CS)C(=O)NC(Cc1ccc(O)cc1)C(=O)O. The van der Waals surface area contributed by atoms with Crippen LogP contribution in [0.4, 0.5) is 0 Å². The lowest BCUT2D eigenvalue weighted by atomic mass is 10.0. The van der Waals surface area contributed by atoms with Gasteiger partial charge in [0, 0.05) is 54.0 Å². The largest absolute Gasteiger partial charge is 0.508 e. The Morgan fingerprint density at radius 2 is 1.53 bits per heavy atom. The molecule has 13 nitrogen and oxygen atoms in total.